The number of carbonyl (C=O) groups excluding carboxylic acids is 1. The molecule has 4 atom stereocenters. The standard InChI is InChI=1S/C29H56O6/c1-2-3-4-5-6-7-8-9-10-11-12-13-14-15-16-17-18-19-20-21-22-27(32)35-29-26(23-30)34-24-25(31)28(29)33/h25-26,28-31,33H,2-24H2,1H3/t25-,26-,28-,29-/m1/s1. The smallest absolute Gasteiger partial charge is 0.306 e. The van der Waals surface area contributed by atoms with Crippen LogP contribution in [0.3, 0.4) is 0 Å². The summed E-state index contributed by atoms with van der Waals surface area (Å²) in [5.41, 5.74) is 0. The number of unbranched alkanes of at least 4 members (excludes halogenated alkanes) is 19. The summed E-state index contributed by atoms with van der Waals surface area (Å²) in [6.07, 6.45) is 22.5. The summed E-state index contributed by atoms with van der Waals surface area (Å²) in [6, 6.07) is 0. The number of aliphatic hydroxyl groups excluding tert-OH is 3. The molecule has 6 nitrogen and oxygen atoms in total. The zero-order chi connectivity index (χ0) is 25.6. The first kappa shape index (κ1) is 32.3. The maximum Gasteiger partial charge on any atom is 0.306 e. The summed E-state index contributed by atoms with van der Waals surface area (Å²) < 4.78 is 10.5. The van der Waals surface area contributed by atoms with Crippen LogP contribution in [0.5, 0.6) is 0 Å². The van der Waals surface area contributed by atoms with E-state index in [4.69, 9.17) is 9.47 Å². The molecule has 0 bridgehead atoms. The Kier molecular flexibility index (Phi) is 20.8. The van der Waals surface area contributed by atoms with E-state index in [-0.39, 0.29) is 19.6 Å². The zero-order valence-electron chi connectivity index (χ0n) is 22.6. The molecule has 208 valence electrons. The number of esters is 1. The summed E-state index contributed by atoms with van der Waals surface area (Å²) in [7, 11) is 0. The molecule has 1 heterocycles. The van der Waals surface area contributed by atoms with Crippen LogP contribution in [0, 0.1) is 0 Å². The van der Waals surface area contributed by atoms with Gasteiger partial charge in [0.15, 0.2) is 6.10 Å². The van der Waals surface area contributed by atoms with Gasteiger partial charge in [-0.05, 0) is 6.42 Å². The minimum Gasteiger partial charge on any atom is -0.457 e. The van der Waals surface area contributed by atoms with Crippen molar-refractivity contribution in [2.45, 2.75) is 166 Å². The van der Waals surface area contributed by atoms with Gasteiger partial charge in [-0.25, -0.2) is 0 Å². The predicted molar refractivity (Wildman–Crippen MR) is 141 cm³/mol. The second kappa shape index (κ2) is 22.5. The number of carbonyl (C=O) groups is 1. The molecule has 1 aliphatic rings. The molecule has 1 fully saturated rings. The molecular weight excluding hydrogens is 444 g/mol. The zero-order valence-corrected chi connectivity index (χ0v) is 22.6. The minimum atomic E-state index is -1.22. The van der Waals surface area contributed by atoms with Crippen molar-refractivity contribution in [3.63, 3.8) is 0 Å². The average molecular weight is 501 g/mol. The molecule has 0 aromatic carbocycles. The molecule has 0 aromatic heterocycles. The third-order valence-electron chi connectivity index (χ3n) is 7.26. The summed E-state index contributed by atoms with van der Waals surface area (Å²) >= 11 is 0. The number of aliphatic hydroxyl groups is 3. The predicted octanol–water partition coefficient (Wildman–Crippen LogP) is 6.22. The van der Waals surface area contributed by atoms with Crippen LogP contribution in [-0.4, -0.2) is 58.9 Å². The van der Waals surface area contributed by atoms with Crippen molar-refractivity contribution in [2.24, 2.45) is 0 Å². The minimum absolute atomic E-state index is 0.0696. The van der Waals surface area contributed by atoms with E-state index in [2.05, 4.69) is 6.92 Å². The van der Waals surface area contributed by atoms with Crippen molar-refractivity contribution >= 4 is 5.97 Å². The second-order valence-electron chi connectivity index (χ2n) is 10.5. The van der Waals surface area contributed by atoms with Crippen LogP contribution in [0.25, 0.3) is 0 Å². The Balaban J connectivity index is 1.83. The molecule has 0 amide bonds. The van der Waals surface area contributed by atoms with Crippen LogP contribution in [0.2, 0.25) is 0 Å². The van der Waals surface area contributed by atoms with Gasteiger partial charge in [0.1, 0.15) is 18.3 Å². The highest BCUT2D eigenvalue weighted by atomic mass is 16.6. The first-order chi connectivity index (χ1) is 17.1. The van der Waals surface area contributed by atoms with Gasteiger partial charge in [-0.3, -0.25) is 4.79 Å². The number of ether oxygens (including phenoxy) is 2. The molecule has 1 rings (SSSR count). The first-order valence-electron chi connectivity index (χ1n) is 14.9. The quantitative estimate of drug-likeness (QED) is 0.114. The van der Waals surface area contributed by atoms with Gasteiger partial charge in [0.25, 0.3) is 0 Å². The van der Waals surface area contributed by atoms with Gasteiger partial charge in [0.2, 0.25) is 0 Å². The van der Waals surface area contributed by atoms with Gasteiger partial charge >= 0.3 is 5.97 Å². The molecule has 6 heteroatoms. The fraction of sp³-hybridized carbons (Fsp3) is 0.966. The van der Waals surface area contributed by atoms with Gasteiger partial charge < -0.3 is 24.8 Å². The number of rotatable bonds is 23. The average Bonchev–Trinajstić information content (AvgIpc) is 2.85. The Morgan fingerprint density at radius 3 is 1.51 bits per heavy atom. The molecule has 1 aliphatic heterocycles. The molecule has 0 radical (unpaired) electrons. The van der Waals surface area contributed by atoms with Gasteiger partial charge in [-0.15, -0.1) is 0 Å². The Morgan fingerprint density at radius 1 is 0.714 bits per heavy atom. The lowest BCUT2D eigenvalue weighted by molar-refractivity contribution is -0.213. The lowest BCUT2D eigenvalue weighted by atomic mass is 10.00. The molecular formula is C29H56O6. The van der Waals surface area contributed by atoms with Gasteiger partial charge in [0.05, 0.1) is 13.2 Å². The highest BCUT2D eigenvalue weighted by molar-refractivity contribution is 5.69. The van der Waals surface area contributed by atoms with E-state index in [1.54, 1.807) is 0 Å². The summed E-state index contributed by atoms with van der Waals surface area (Å²) in [5.74, 6) is -0.410. The Bertz CT molecular complexity index is 484. The van der Waals surface area contributed by atoms with Crippen LogP contribution < -0.4 is 0 Å². The number of hydrogen-bond donors (Lipinski definition) is 3. The molecule has 3 N–H and O–H groups in total. The third-order valence-corrected chi connectivity index (χ3v) is 7.26. The van der Waals surface area contributed by atoms with E-state index < -0.39 is 30.4 Å². The molecule has 0 unspecified atom stereocenters. The second-order valence-corrected chi connectivity index (χ2v) is 10.5. The van der Waals surface area contributed by atoms with Crippen molar-refractivity contribution in [2.75, 3.05) is 13.2 Å². The van der Waals surface area contributed by atoms with Crippen molar-refractivity contribution in [1.82, 2.24) is 0 Å². The van der Waals surface area contributed by atoms with E-state index in [1.807, 2.05) is 0 Å². The topological polar surface area (TPSA) is 96.2 Å². The maximum absolute atomic E-state index is 12.1. The molecule has 0 spiro atoms. The van der Waals surface area contributed by atoms with Crippen LogP contribution >= 0.6 is 0 Å². The van der Waals surface area contributed by atoms with E-state index in [0.29, 0.717) is 0 Å². The molecule has 0 aromatic rings. The monoisotopic (exact) mass is 500 g/mol. The lowest BCUT2D eigenvalue weighted by Crippen LogP contribution is -2.55. The summed E-state index contributed by atoms with van der Waals surface area (Å²) in [6.45, 7) is 1.85. The van der Waals surface area contributed by atoms with Crippen molar-refractivity contribution in [3.05, 3.63) is 0 Å². The van der Waals surface area contributed by atoms with Crippen molar-refractivity contribution < 1.29 is 29.6 Å². The summed E-state index contributed by atoms with van der Waals surface area (Å²) in [5, 5.41) is 29.0. The first-order valence-corrected chi connectivity index (χ1v) is 14.9. The fourth-order valence-electron chi connectivity index (χ4n) is 4.89. The van der Waals surface area contributed by atoms with Crippen LogP contribution in [0.1, 0.15) is 142 Å². The number of hydrogen-bond acceptors (Lipinski definition) is 6. The largest absolute Gasteiger partial charge is 0.457 e. The molecule has 0 aliphatic carbocycles. The lowest BCUT2D eigenvalue weighted by Gasteiger charge is -2.36. The van der Waals surface area contributed by atoms with E-state index in [1.165, 1.54) is 109 Å². The Morgan fingerprint density at radius 2 is 1.11 bits per heavy atom. The van der Waals surface area contributed by atoms with Gasteiger partial charge in [0, 0.05) is 6.42 Å². The maximum atomic E-state index is 12.1. The highest BCUT2D eigenvalue weighted by Crippen LogP contribution is 2.20. The van der Waals surface area contributed by atoms with E-state index >= 15 is 0 Å². The van der Waals surface area contributed by atoms with Crippen LogP contribution in [0.4, 0.5) is 0 Å². The van der Waals surface area contributed by atoms with Crippen molar-refractivity contribution in [1.29, 1.82) is 0 Å². The molecule has 1 saturated heterocycles. The highest BCUT2D eigenvalue weighted by Gasteiger charge is 2.41. The Labute approximate surface area is 215 Å². The SMILES string of the molecule is CCCCCCCCCCCCCCCCCCCCCCC(=O)O[C@H]1[C@H](O)[C@H](O)CO[C@@H]1CO. The van der Waals surface area contributed by atoms with Crippen LogP contribution in [-0.2, 0) is 14.3 Å². The molecule has 0 saturated carbocycles. The Hall–Kier alpha value is -0.690. The summed E-state index contributed by atoms with van der Waals surface area (Å²) in [4.78, 5) is 12.1. The van der Waals surface area contributed by atoms with Crippen LogP contribution in [0.15, 0.2) is 0 Å². The van der Waals surface area contributed by atoms with Crippen molar-refractivity contribution in [3.8, 4) is 0 Å². The van der Waals surface area contributed by atoms with E-state index in [9.17, 15) is 20.1 Å². The molecule has 35 heavy (non-hydrogen) atoms. The third kappa shape index (κ3) is 16.6. The van der Waals surface area contributed by atoms with Gasteiger partial charge in [-0.1, -0.05) is 129 Å². The van der Waals surface area contributed by atoms with E-state index in [0.717, 1.165) is 19.3 Å². The normalized spacial score (nSPS) is 22.4. The van der Waals surface area contributed by atoms with Gasteiger partial charge in [-0.2, -0.15) is 0 Å². The fourth-order valence-corrected chi connectivity index (χ4v) is 4.89.